The van der Waals surface area contributed by atoms with Crippen molar-refractivity contribution in [1.82, 2.24) is 9.80 Å². The Hall–Kier alpha value is -0.160. The maximum absolute atomic E-state index is 6.36. The molecule has 1 saturated carbocycles. The molecule has 3 aliphatic rings. The number of hydrogen-bond acceptors (Lipinski definition) is 4. The van der Waals surface area contributed by atoms with Crippen LogP contribution in [0.5, 0.6) is 0 Å². The van der Waals surface area contributed by atoms with Crippen molar-refractivity contribution in [2.45, 2.75) is 70.1 Å². The molecule has 1 aliphatic carbocycles. The van der Waals surface area contributed by atoms with E-state index in [0.717, 1.165) is 26.3 Å². The fourth-order valence-electron chi connectivity index (χ4n) is 4.20. The third-order valence-corrected chi connectivity index (χ3v) is 5.66. The fraction of sp³-hybridized carbons (Fsp3) is 1.00. The highest BCUT2D eigenvalue weighted by atomic mass is 16.5. The van der Waals surface area contributed by atoms with E-state index in [1.54, 1.807) is 0 Å². The Kier molecular flexibility index (Phi) is 6.54. The molecule has 0 N–H and O–H groups in total. The first-order valence-electron chi connectivity index (χ1n) is 9.51. The summed E-state index contributed by atoms with van der Waals surface area (Å²) in [5.74, 6) is 0. The van der Waals surface area contributed by atoms with Crippen molar-refractivity contribution in [3.63, 3.8) is 0 Å². The maximum atomic E-state index is 6.36. The van der Waals surface area contributed by atoms with Crippen LogP contribution in [-0.2, 0) is 9.47 Å². The number of piperidine rings is 1. The van der Waals surface area contributed by atoms with Gasteiger partial charge in [-0.15, -0.1) is 0 Å². The van der Waals surface area contributed by atoms with Gasteiger partial charge in [-0.25, -0.2) is 0 Å². The van der Waals surface area contributed by atoms with Crippen LogP contribution in [0.4, 0.5) is 0 Å². The Bertz CT molecular complexity index is 306. The number of morpholine rings is 1. The first-order chi connectivity index (χ1) is 10.8. The molecule has 4 nitrogen and oxygen atoms in total. The summed E-state index contributed by atoms with van der Waals surface area (Å²) in [4.78, 5) is 5.22. The summed E-state index contributed by atoms with van der Waals surface area (Å²) >= 11 is 0. The summed E-state index contributed by atoms with van der Waals surface area (Å²) in [6.45, 7) is 10.0. The molecule has 0 amide bonds. The zero-order valence-electron chi connectivity index (χ0n) is 14.3. The van der Waals surface area contributed by atoms with Crippen molar-refractivity contribution in [2.75, 3.05) is 45.9 Å². The summed E-state index contributed by atoms with van der Waals surface area (Å²) in [6.07, 6.45) is 10.3. The lowest BCUT2D eigenvalue weighted by Gasteiger charge is -2.39. The Morgan fingerprint density at radius 2 is 1.55 bits per heavy atom. The van der Waals surface area contributed by atoms with E-state index in [1.807, 2.05) is 0 Å². The van der Waals surface area contributed by atoms with Crippen molar-refractivity contribution < 1.29 is 9.47 Å². The summed E-state index contributed by atoms with van der Waals surface area (Å²) < 4.78 is 11.8. The van der Waals surface area contributed by atoms with E-state index in [2.05, 4.69) is 16.7 Å². The molecule has 2 saturated heterocycles. The Morgan fingerprint density at radius 1 is 0.909 bits per heavy atom. The van der Waals surface area contributed by atoms with E-state index >= 15 is 0 Å². The standard InChI is InChI=1S/C18H34N2O2/c1-16(15-19-11-13-21-14-12-19)20-9-7-18(8-10-20)22-17-5-3-2-4-6-17/h16-18H,2-15H2,1H3. The minimum atomic E-state index is 0.523. The van der Waals surface area contributed by atoms with Crippen molar-refractivity contribution >= 4 is 0 Å². The zero-order valence-corrected chi connectivity index (χ0v) is 14.3. The van der Waals surface area contributed by atoms with E-state index in [-0.39, 0.29) is 0 Å². The second-order valence-corrected chi connectivity index (χ2v) is 7.39. The molecule has 0 aromatic carbocycles. The van der Waals surface area contributed by atoms with E-state index < -0.39 is 0 Å². The summed E-state index contributed by atoms with van der Waals surface area (Å²) in [5.41, 5.74) is 0. The van der Waals surface area contributed by atoms with Crippen LogP contribution >= 0.6 is 0 Å². The molecule has 128 valence electrons. The van der Waals surface area contributed by atoms with Crippen molar-refractivity contribution in [2.24, 2.45) is 0 Å². The molecular weight excluding hydrogens is 276 g/mol. The molecule has 22 heavy (non-hydrogen) atoms. The molecule has 2 aliphatic heterocycles. The Balaban J connectivity index is 1.35. The van der Waals surface area contributed by atoms with Gasteiger partial charge in [-0.05, 0) is 32.6 Å². The summed E-state index contributed by atoms with van der Waals surface area (Å²) in [7, 11) is 0. The predicted octanol–water partition coefficient (Wildman–Crippen LogP) is 2.52. The zero-order chi connectivity index (χ0) is 15.2. The van der Waals surface area contributed by atoms with Gasteiger partial charge in [0.15, 0.2) is 0 Å². The van der Waals surface area contributed by atoms with Gasteiger partial charge in [0.1, 0.15) is 0 Å². The van der Waals surface area contributed by atoms with Gasteiger partial charge in [0, 0.05) is 38.8 Å². The number of likely N-dealkylation sites (tertiary alicyclic amines) is 1. The quantitative estimate of drug-likeness (QED) is 0.779. The topological polar surface area (TPSA) is 24.9 Å². The van der Waals surface area contributed by atoms with Gasteiger partial charge in [-0.1, -0.05) is 19.3 Å². The molecule has 2 heterocycles. The Labute approximate surface area is 136 Å². The van der Waals surface area contributed by atoms with Crippen LogP contribution in [-0.4, -0.2) is 74.0 Å². The normalized spacial score (nSPS) is 28.8. The molecule has 0 radical (unpaired) electrons. The second-order valence-electron chi connectivity index (χ2n) is 7.39. The number of nitrogens with zero attached hydrogens (tertiary/aromatic N) is 2. The summed E-state index contributed by atoms with van der Waals surface area (Å²) in [5, 5.41) is 0. The van der Waals surface area contributed by atoms with Crippen molar-refractivity contribution in [3.05, 3.63) is 0 Å². The molecule has 0 bridgehead atoms. The number of ether oxygens (including phenoxy) is 2. The van der Waals surface area contributed by atoms with Crippen LogP contribution < -0.4 is 0 Å². The number of hydrogen-bond donors (Lipinski definition) is 0. The highest BCUT2D eigenvalue weighted by Gasteiger charge is 2.27. The first-order valence-corrected chi connectivity index (χ1v) is 9.51. The first kappa shape index (κ1) is 16.7. The average Bonchev–Trinajstić information content (AvgIpc) is 2.57. The van der Waals surface area contributed by atoms with Crippen LogP contribution in [0, 0.1) is 0 Å². The molecule has 3 fully saturated rings. The van der Waals surface area contributed by atoms with Gasteiger partial charge in [0.05, 0.1) is 25.4 Å². The SMILES string of the molecule is CC(CN1CCOCC1)N1CCC(OC2CCCCC2)CC1. The minimum Gasteiger partial charge on any atom is -0.379 e. The smallest absolute Gasteiger partial charge is 0.0603 e. The van der Waals surface area contributed by atoms with E-state index in [4.69, 9.17) is 9.47 Å². The minimum absolute atomic E-state index is 0.523. The second kappa shape index (κ2) is 8.62. The van der Waals surface area contributed by atoms with Gasteiger partial charge in [-0.2, -0.15) is 0 Å². The lowest BCUT2D eigenvalue weighted by atomic mass is 9.97. The maximum Gasteiger partial charge on any atom is 0.0603 e. The van der Waals surface area contributed by atoms with Crippen molar-refractivity contribution in [3.8, 4) is 0 Å². The van der Waals surface area contributed by atoms with Crippen LogP contribution in [0.2, 0.25) is 0 Å². The molecule has 1 atom stereocenters. The monoisotopic (exact) mass is 310 g/mol. The van der Waals surface area contributed by atoms with E-state index in [1.165, 1.54) is 64.6 Å². The van der Waals surface area contributed by atoms with Crippen LogP contribution in [0.3, 0.4) is 0 Å². The van der Waals surface area contributed by atoms with E-state index in [0.29, 0.717) is 18.2 Å². The van der Waals surface area contributed by atoms with Gasteiger partial charge in [0.2, 0.25) is 0 Å². The third kappa shape index (κ3) is 4.92. The molecule has 0 aromatic heterocycles. The van der Waals surface area contributed by atoms with Gasteiger partial charge >= 0.3 is 0 Å². The molecule has 1 unspecified atom stereocenters. The predicted molar refractivity (Wildman–Crippen MR) is 89.3 cm³/mol. The fourth-order valence-corrected chi connectivity index (χ4v) is 4.20. The molecule has 0 aromatic rings. The van der Waals surface area contributed by atoms with Gasteiger partial charge in [-0.3, -0.25) is 9.80 Å². The molecule has 0 spiro atoms. The summed E-state index contributed by atoms with van der Waals surface area (Å²) in [6, 6.07) is 0.661. The lowest BCUT2D eigenvalue weighted by Crippen LogP contribution is -2.49. The molecule has 3 rings (SSSR count). The van der Waals surface area contributed by atoms with Gasteiger partial charge < -0.3 is 9.47 Å². The third-order valence-electron chi connectivity index (χ3n) is 5.66. The van der Waals surface area contributed by atoms with Crippen LogP contribution in [0.25, 0.3) is 0 Å². The van der Waals surface area contributed by atoms with Crippen LogP contribution in [0.15, 0.2) is 0 Å². The Morgan fingerprint density at radius 3 is 2.23 bits per heavy atom. The van der Waals surface area contributed by atoms with Gasteiger partial charge in [0.25, 0.3) is 0 Å². The highest BCUT2D eigenvalue weighted by molar-refractivity contribution is 4.80. The average molecular weight is 310 g/mol. The lowest BCUT2D eigenvalue weighted by molar-refractivity contribution is -0.0618. The highest BCUT2D eigenvalue weighted by Crippen LogP contribution is 2.25. The van der Waals surface area contributed by atoms with Crippen molar-refractivity contribution in [1.29, 1.82) is 0 Å². The largest absolute Gasteiger partial charge is 0.379 e. The molecule has 4 heteroatoms. The molecular formula is C18H34N2O2. The van der Waals surface area contributed by atoms with E-state index in [9.17, 15) is 0 Å². The van der Waals surface area contributed by atoms with Crippen LogP contribution in [0.1, 0.15) is 51.9 Å². The number of rotatable bonds is 5.